The largest absolute Gasteiger partial charge is 0.472 e. The van der Waals surface area contributed by atoms with E-state index in [0.717, 1.165) is 38.1 Å². The molecule has 1 fully saturated rings. The maximum absolute atomic E-state index is 13.1. The number of nitrogens with one attached hydrogen (secondary N) is 1. The maximum atomic E-state index is 13.1. The van der Waals surface area contributed by atoms with Crippen molar-refractivity contribution in [2.75, 3.05) is 31.1 Å². The fourth-order valence-corrected chi connectivity index (χ4v) is 2.31. The zero-order valence-electron chi connectivity index (χ0n) is 11.9. The van der Waals surface area contributed by atoms with Gasteiger partial charge in [-0.1, -0.05) is 0 Å². The Hall–Kier alpha value is -2.28. The maximum Gasteiger partial charge on any atom is 0.234 e. The van der Waals surface area contributed by atoms with Crippen LogP contribution in [0, 0.1) is 11.6 Å². The molecule has 2 aromatic rings. The molecule has 2 heterocycles. The zero-order chi connectivity index (χ0) is 15.4. The van der Waals surface area contributed by atoms with E-state index in [1.54, 1.807) is 6.20 Å². The van der Waals surface area contributed by atoms with E-state index in [1.807, 2.05) is 0 Å². The molecule has 1 aromatic heterocycles. The van der Waals surface area contributed by atoms with Crippen molar-refractivity contribution in [3.05, 3.63) is 47.8 Å². The van der Waals surface area contributed by atoms with Gasteiger partial charge < -0.3 is 15.0 Å². The van der Waals surface area contributed by atoms with Crippen molar-refractivity contribution in [3.63, 3.8) is 0 Å². The van der Waals surface area contributed by atoms with Gasteiger partial charge in [-0.3, -0.25) is 4.98 Å². The Kier molecular flexibility index (Phi) is 4.43. The number of halogens is 2. The molecule has 1 aliphatic heterocycles. The number of hydrogen-bond acceptors (Lipinski definition) is 5. The molecule has 0 atom stereocenters. The van der Waals surface area contributed by atoms with Gasteiger partial charge in [0.15, 0.2) is 5.82 Å². The Balaban J connectivity index is 1.67. The molecule has 1 aromatic carbocycles. The van der Waals surface area contributed by atoms with E-state index in [0.29, 0.717) is 11.4 Å². The van der Waals surface area contributed by atoms with Gasteiger partial charge in [0, 0.05) is 32.2 Å². The summed E-state index contributed by atoms with van der Waals surface area (Å²) in [5.74, 6) is -0.177. The minimum absolute atomic E-state index is 0.0361. The summed E-state index contributed by atoms with van der Waals surface area (Å²) >= 11 is 0. The van der Waals surface area contributed by atoms with Crippen LogP contribution in [0.15, 0.2) is 30.6 Å². The Morgan fingerprint density at radius 1 is 1.09 bits per heavy atom. The molecular formula is C15H16F2N4O. The summed E-state index contributed by atoms with van der Waals surface area (Å²) in [6.45, 7) is 3.54. The van der Waals surface area contributed by atoms with Crippen molar-refractivity contribution in [1.29, 1.82) is 0 Å². The van der Waals surface area contributed by atoms with E-state index >= 15 is 0 Å². The lowest BCUT2D eigenvalue weighted by Crippen LogP contribution is -2.43. The molecular weight excluding hydrogens is 290 g/mol. The second-order valence-corrected chi connectivity index (χ2v) is 5.02. The van der Waals surface area contributed by atoms with Gasteiger partial charge in [-0.15, -0.1) is 0 Å². The molecule has 0 saturated carbocycles. The average Bonchev–Trinajstić information content (AvgIpc) is 2.53. The molecule has 0 aliphatic carbocycles. The van der Waals surface area contributed by atoms with Crippen molar-refractivity contribution in [1.82, 2.24) is 15.3 Å². The summed E-state index contributed by atoms with van der Waals surface area (Å²) in [6, 6.07) is 3.29. The summed E-state index contributed by atoms with van der Waals surface area (Å²) in [7, 11) is 0. The topological polar surface area (TPSA) is 50.3 Å². The van der Waals surface area contributed by atoms with Gasteiger partial charge in [-0.2, -0.15) is 4.98 Å². The van der Waals surface area contributed by atoms with Crippen LogP contribution < -0.4 is 15.0 Å². The molecule has 0 amide bonds. The summed E-state index contributed by atoms with van der Waals surface area (Å²) in [4.78, 5) is 10.6. The molecule has 7 heteroatoms. The first-order valence-corrected chi connectivity index (χ1v) is 7.06. The quantitative estimate of drug-likeness (QED) is 0.932. The van der Waals surface area contributed by atoms with E-state index in [4.69, 9.17) is 4.74 Å². The standard InChI is InChI=1S/C15H16F2N4O/c16-12-5-11(6-13(17)7-12)10-22-15-9-19-8-14(20-15)21-3-1-18-2-4-21/h5-9,18H,1-4,10H2. The van der Waals surface area contributed by atoms with Crippen LogP contribution in [-0.4, -0.2) is 36.1 Å². The fraction of sp³-hybridized carbons (Fsp3) is 0.333. The van der Waals surface area contributed by atoms with E-state index in [2.05, 4.69) is 20.2 Å². The second kappa shape index (κ2) is 6.65. The average molecular weight is 306 g/mol. The Morgan fingerprint density at radius 3 is 2.55 bits per heavy atom. The molecule has 22 heavy (non-hydrogen) atoms. The zero-order valence-corrected chi connectivity index (χ0v) is 11.9. The van der Waals surface area contributed by atoms with Gasteiger partial charge in [-0.05, 0) is 17.7 Å². The van der Waals surface area contributed by atoms with Crippen LogP contribution >= 0.6 is 0 Å². The van der Waals surface area contributed by atoms with Crippen LogP contribution in [0.1, 0.15) is 5.56 Å². The predicted octanol–water partition coefficient (Wildman–Crippen LogP) is 1.74. The first-order valence-electron chi connectivity index (χ1n) is 7.06. The number of aromatic nitrogens is 2. The van der Waals surface area contributed by atoms with Gasteiger partial charge in [0.05, 0.1) is 12.4 Å². The monoisotopic (exact) mass is 306 g/mol. The number of benzene rings is 1. The molecule has 5 nitrogen and oxygen atoms in total. The van der Waals surface area contributed by atoms with Crippen LogP contribution in [0.4, 0.5) is 14.6 Å². The highest BCUT2D eigenvalue weighted by Gasteiger charge is 2.12. The predicted molar refractivity (Wildman–Crippen MR) is 77.8 cm³/mol. The lowest BCUT2D eigenvalue weighted by molar-refractivity contribution is 0.291. The lowest BCUT2D eigenvalue weighted by Gasteiger charge is -2.28. The van der Waals surface area contributed by atoms with Crippen molar-refractivity contribution in [2.24, 2.45) is 0 Å². The summed E-state index contributed by atoms with van der Waals surface area (Å²) in [5.41, 5.74) is 0.409. The SMILES string of the molecule is Fc1cc(F)cc(COc2cncc(N3CCNCC3)n2)c1. The van der Waals surface area contributed by atoms with Crippen molar-refractivity contribution < 1.29 is 13.5 Å². The van der Waals surface area contributed by atoms with Gasteiger partial charge in [0.2, 0.25) is 5.88 Å². The molecule has 0 unspecified atom stereocenters. The molecule has 0 spiro atoms. The van der Waals surface area contributed by atoms with Gasteiger partial charge >= 0.3 is 0 Å². The molecule has 0 radical (unpaired) electrons. The van der Waals surface area contributed by atoms with E-state index in [-0.39, 0.29) is 6.61 Å². The Morgan fingerprint density at radius 2 is 1.82 bits per heavy atom. The third-order valence-electron chi connectivity index (χ3n) is 3.35. The minimum Gasteiger partial charge on any atom is -0.472 e. The molecule has 0 bridgehead atoms. The molecule has 1 aliphatic rings. The third kappa shape index (κ3) is 3.67. The Bertz CT molecular complexity index is 627. The van der Waals surface area contributed by atoms with Gasteiger partial charge in [-0.25, -0.2) is 8.78 Å². The van der Waals surface area contributed by atoms with Crippen molar-refractivity contribution in [2.45, 2.75) is 6.61 Å². The second-order valence-electron chi connectivity index (χ2n) is 5.02. The van der Waals surface area contributed by atoms with Crippen molar-refractivity contribution in [3.8, 4) is 5.88 Å². The van der Waals surface area contributed by atoms with Gasteiger partial charge in [0.25, 0.3) is 0 Å². The van der Waals surface area contributed by atoms with Crippen LogP contribution in [0.5, 0.6) is 5.88 Å². The normalized spacial score (nSPS) is 14.9. The van der Waals surface area contributed by atoms with Gasteiger partial charge in [0.1, 0.15) is 18.2 Å². The van der Waals surface area contributed by atoms with E-state index in [9.17, 15) is 8.78 Å². The first-order chi connectivity index (χ1) is 10.7. The van der Waals surface area contributed by atoms with Crippen molar-refractivity contribution >= 4 is 5.82 Å². The molecule has 3 rings (SSSR count). The summed E-state index contributed by atoms with van der Waals surface area (Å²) in [5, 5.41) is 3.26. The number of anilines is 1. The van der Waals surface area contributed by atoms with Crippen LogP contribution in [0.2, 0.25) is 0 Å². The summed E-state index contributed by atoms with van der Waals surface area (Å²) in [6.07, 6.45) is 3.17. The molecule has 1 saturated heterocycles. The highest BCUT2D eigenvalue weighted by atomic mass is 19.1. The highest BCUT2D eigenvalue weighted by Crippen LogP contribution is 2.16. The fourth-order valence-electron chi connectivity index (χ4n) is 2.31. The number of piperazine rings is 1. The molecule has 116 valence electrons. The number of nitrogens with zero attached hydrogens (tertiary/aromatic N) is 3. The molecule has 1 N–H and O–H groups in total. The van der Waals surface area contributed by atoms with E-state index < -0.39 is 11.6 Å². The van der Waals surface area contributed by atoms with Crippen LogP contribution in [-0.2, 0) is 6.61 Å². The van der Waals surface area contributed by atoms with E-state index in [1.165, 1.54) is 18.3 Å². The lowest BCUT2D eigenvalue weighted by atomic mass is 10.2. The number of rotatable bonds is 4. The minimum atomic E-state index is -0.626. The smallest absolute Gasteiger partial charge is 0.234 e. The van der Waals surface area contributed by atoms with Crippen LogP contribution in [0.3, 0.4) is 0 Å². The summed E-state index contributed by atoms with van der Waals surface area (Å²) < 4.78 is 31.7. The Labute approximate surface area is 127 Å². The number of ether oxygens (including phenoxy) is 1. The first kappa shape index (κ1) is 14.6. The highest BCUT2D eigenvalue weighted by molar-refractivity contribution is 5.38. The third-order valence-corrected chi connectivity index (χ3v) is 3.35. The van der Waals surface area contributed by atoms with Crippen LogP contribution in [0.25, 0.3) is 0 Å². The number of hydrogen-bond donors (Lipinski definition) is 1.